The van der Waals surface area contributed by atoms with Gasteiger partial charge in [0, 0.05) is 19.1 Å². The maximum absolute atomic E-state index is 12.9. The molecule has 2 N–H and O–H groups in total. The molecule has 0 aliphatic heterocycles. The minimum atomic E-state index is -0.565. The zero-order valence-electron chi connectivity index (χ0n) is 18.8. The summed E-state index contributed by atoms with van der Waals surface area (Å²) in [5, 5.41) is 0. The smallest absolute Gasteiger partial charge is 0.410 e. The fourth-order valence-corrected chi connectivity index (χ4v) is 5.00. The van der Waals surface area contributed by atoms with Crippen LogP contribution >= 0.6 is 0 Å². The summed E-state index contributed by atoms with van der Waals surface area (Å²) < 4.78 is 10.6. The first-order chi connectivity index (χ1) is 12.8. The topological polar surface area (TPSA) is 81.9 Å². The number of rotatable bonds is 3. The summed E-state index contributed by atoms with van der Waals surface area (Å²) in [6.07, 6.45) is 5.10. The first kappa shape index (κ1) is 22.7. The number of carbonyl (C=O) groups is 2. The third-order valence-electron chi connectivity index (χ3n) is 7.31. The molecule has 2 aliphatic rings. The van der Waals surface area contributed by atoms with Gasteiger partial charge in [-0.25, -0.2) is 4.79 Å². The summed E-state index contributed by atoms with van der Waals surface area (Å²) in [6.45, 7) is 11.9. The highest BCUT2D eigenvalue weighted by Gasteiger charge is 2.59. The summed E-state index contributed by atoms with van der Waals surface area (Å²) in [5.74, 6) is -0.599. The Kier molecular flexibility index (Phi) is 6.25. The highest BCUT2D eigenvalue weighted by atomic mass is 16.6. The van der Waals surface area contributed by atoms with Crippen LogP contribution in [-0.4, -0.2) is 48.8 Å². The van der Waals surface area contributed by atoms with Gasteiger partial charge in [-0.15, -0.1) is 0 Å². The molecule has 0 aromatic rings. The third kappa shape index (κ3) is 3.93. The van der Waals surface area contributed by atoms with Gasteiger partial charge in [0.05, 0.1) is 13.0 Å². The first-order valence-electron chi connectivity index (χ1n) is 10.2. The Labute approximate surface area is 169 Å². The van der Waals surface area contributed by atoms with Gasteiger partial charge < -0.3 is 20.1 Å². The van der Waals surface area contributed by atoms with E-state index in [0.29, 0.717) is 6.42 Å². The van der Waals surface area contributed by atoms with Crippen LogP contribution in [0.5, 0.6) is 0 Å². The molecule has 5 atom stereocenters. The van der Waals surface area contributed by atoms with E-state index >= 15 is 0 Å². The molecule has 1 saturated carbocycles. The number of methoxy groups -OCH3 is 1. The molecule has 160 valence electrons. The van der Waals surface area contributed by atoms with Gasteiger partial charge in [0.2, 0.25) is 0 Å². The molecule has 0 aromatic carbocycles. The number of amides is 1. The zero-order chi connectivity index (χ0) is 21.5. The SMILES string of the molecule is COC(=O)C(C)C1=CC[C@]2(C)[C@H](N)CC[C@]2(C)[C@@H](N(C)C(=O)OC(C)(C)C)C1. The maximum Gasteiger partial charge on any atom is 0.410 e. The Bertz CT molecular complexity index is 653. The van der Waals surface area contributed by atoms with Crippen molar-refractivity contribution >= 4 is 12.1 Å². The number of nitrogens with two attached hydrogens (primary N) is 1. The summed E-state index contributed by atoms with van der Waals surface area (Å²) in [6, 6.07) is -0.0576. The normalized spacial score (nSPS) is 34.0. The molecular weight excluding hydrogens is 356 g/mol. The molecule has 0 aromatic heterocycles. The second-order valence-corrected chi connectivity index (χ2v) is 10.0. The standard InChI is InChI=1S/C22H38N2O4/c1-14(18(25)27-8)15-9-11-21(5)16(23)10-12-22(21,6)17(13-15)24(7)19(26)28-20(2,3)4/h9,14,16-17H,10-13,23H2,1-8H3/t14?,16-,17+,21-,22-/m1/s1. The van der Waals surface area contributed by atoms with Gasteiger partial charge in [-0.1, -0.05) is 25.5 Å². The minimum Gasteiger partial charge on any atom is -0.469 e. The van der Waals surface area contributed by atoms with Crippen LogP contribution in [0.15, 0.2) is 11.6 Å². The van der Waals surface area contributed by atoms with E-state index in [1.54, 1.807) is 11.9 Å². The lowest BCUT2D eigenvalue weighted by Gasteiger charge is -2.49. The van der Waals surface area contributed by atoms with Crippen molar-refractivity contribution < 1.29 is 19.1 Å². The first-order valence-corrected chi connectivity index (χ1v) is 10.2. The van der Waals surface area contributed by atoms with Crippen molar-refractivity contribution in [1.82, 2.24) is 4.90 Å². The second kappa shape index (κ2) is 7.69. The number of allylic oxidation sites excluding steroid dienone is 1. The van der Waals surface area contributed by atoms with E-state index in [1.165, 1.54) is 7.11 Å². The molecule has 6 nitrogen and oxygen atoms in total. The summed E-state index contributed by atoms with van der Waals surface area (Å²) in [4.78, 5) is 26.8. The van der Waals surface area contributed by atoms with Crippen LogP contribution in [0.1, 0.15) is 67.2 Å². The van der Waals surface area contributed by atoms with Crippen molar-refractivity contribution in [2.75, 3.05) is 14.2 Å². The van der Waals surface area contributed by atoms with Crippen LogP contribution in [0.25, 0.3) is 0 Å². The van der Waals surface area contributed by atoms with Crippen LogP contribution < -0.4 is 5.73 Å². The summed E-state index contributed by atoms with van der Waals surface area (Å²) >= 11 is 0. The predicted molar refractivity (Wildman–Crippen MR) is 110 cm³/mol. The Morgan fingerprint density at radius 1 is 1.29 bits per heavy atom. The molecule has 0 heterocycles. The van der Waals surface area contributed by atoms with Crippen LogP contribution in [-0.2, 0) is 14.3 Å². The van der Waals surface area contributed by atoms with Gasteiger partial charge in [-0.2, -0.15) is 0 Å². The molecule has 0 bridgehead atoms. The number of hydrogen-bond donors (Lipinski definition) is 1. The van der Waals surface area contributed by atoms with Crippen LogP contribution in [0.4, 0.5) is 4.79 Å². The maximum atomic E-state index is 12.9. The summed E-state index contributed by atoms with van der Waals surface area (Å²) in [7, 11) is 3.22. The average molecular weight is 395 g/mol. The van der Waals surface area contributed by atoms with Crippen molar-refractivity contribution in [2.24, 2.45) is 22.5 Å². The Balaban J connectivity index is 2.45. The van der Waals surface area contributed by atoms with E-state index in [1.807, 2.05) is 27.7 Å². The monoisotopic (exact) mass is 394 g/mol. The van der Waals surface area contributed by atoms with Gasteiger partial charge >= 0.3 is 12.1 Å². The molecule has 1 unspecified atom stereocenters. The summed E-state index contributed by atoms with van der Waals surface area (Å²) in [5.41, 5.74) is 6.68. The molecule has 1 fully saturated rings. The molecule has 0 radical (unpaired) electrons. The number of esters is 1. The molecule has 1 amide bonds. The van der Waals surface area contributed by atoms with Gasteiger partial charge in [-0.3, -0.25) is 4.79 Å². The van der Waals surface area contributed by atoms with Crippen molar-refractivity contribution in [3.8, 4) is 0 Å². The Morgan fingerprint density at radius 2 is 1.89 bits per heavy atom. The molecular formula is C22H38N2O4. The fourth-order valence-electron chi connectivity index (χ4n) is 5.00. The largest absolute Gasteiger partial charge is 0.469 e. The quantitative estimate of drug-likeness (QED) is 0.580. The average Bonchev–Trinajstić information content (AvgIpc) is 2.76. The molecule has 2 aliphatic carbocycles. The van der Waals surface area contributed by atoms with E-state index in [0.717, 1.165) is 24.8 Å². The van der Waals surface area contributed by atoms with Crippen LogP contribution in [0.3, 0.4) is 0 Å². The van der Waals surface area contributed by atoms with Crippen molar-refractivity contribution in [3.05, 3.63) is 11.6 Å². The van der Waals surface area contributed by atoms with E-state index < -0.39 is 5.60 Å². The van der Waals surface area contributed by atoms with E-state index in [-0.39, 0.29) is 40.9 Å². The molecule has 6 heteroatoms. The number of fused-ring (bicyclic) bond motifs is 1. The Morgan fingerprint density at radius 3 is 2.43 bits per heavy atom. The number of carbonyl (C=O) groups excluding carboxylic acids is 2. The van der Waals surface area contributed by atoms with E-state index in [4.69, 9.17) is 15.2 Å². The molecule has 0 saturated heterocycles. The lowest BCUT2D eigenvalue weighted by molar-refractivity contribution is -0.143. The highest BCUT2D eigenvalue weighted by molar-refractivity contribution is 5.75. The zero-order valence-corrected chi connectivity index (χ0v) is 18.8. The van der Waals surface area contributed by atoms with Crippen LogP contribution in [0, 0.1) is 16.7 Å². The van der Waals surface area contributed by atoms with Gasteiger partial charge in [0.25, 0.3) is 0 Å². The van der Waals surface area contributed by atoms with Crippen LogP contribution in [0.2, 0.25) is 0 Å². The molecule has 0 spiro atoms. The molecule has 28 heavy (non-hydrogen) atoms. The van der Waals surface area contributed by atoms with Crippen molar-refractivity contribution in [3.63, 3.8) is 0 Å². The van der Waals surface area contributed by atoms with Gasteiger partial charge in [0.1, 0.15) is 5.60 Å². The van der Waals surface area contributed by atoms with Crippen molar-refractivity contribution in [1.29, 1.82) is 0 Å². The third-order valence-corrected chi connectivity index (χ3v) is 7.31. The van der Waals surface area contributed by atoms with E-state index in [2.05, 4.69) is 19.9 Å². The lowest BCUT2D eigenvalue weighted by Crippen LogP contribution is -2.55. The lowest BCUT2D eigenvalue weighted by atomic mass is 9.61. The molecule has 2 rings (SSSR count). The second-order valence-electron chi connectivity index (χ2n) is 10.0. The minimum absolute atomic E-state index is 0.0519. The predicted octanol–water partition coefficient (Wildman–Crippen LogP) is 3.88. The highest BCUT2D eigenvalue weighted by Crippen LogP contribution is 2.59. The van der Waals surface area contributed by atoms with Crippen molar-refractivity contribution in [2.45, 2.75) is 84.9 Å². The van der Waals surface area contributed by atoms with Gasteiger partial charge in [-0.05, 0) is 64.2 Å². The van der Waals surface area contributed by atoms with Gasteiger partial charge in [0.15, 0.2) is 0 Å². The van der Waals surface area contributed by atoms with E-state index in [9.17, 15) is 9.59 Å². The Hall–Kier alpha value is -1.56. The number of nitrogens with zero attached hydrogens (tertiary/aromatic N) is 1. The number of hydrogen-bond acceptors (Lipinski definition) is 5. The fraction of sp³-hybridized carbons (Fsp3) is 0.818. The number of ether oxygens (including phenoxy) is 2.